The molecule has 0 aromatic carbocycles. The van der Waals surface area contributed by atoms with Crippen LogP contribution in [0.1, 0.15) is 39.5 Å². The van der Waals surface area contributed by atoms with E-state index in [9.17, 15) is 4.79 Å². The van der Waals surface area contributed by atoms with Crippen molar-refractivity contribution in [3.63, 3.8) is 0 Å². The fourth-order valence-corrected chi connectivity index (χ4v) is 3.08. The van der Waals surface area contributed by atoms with E-state index in [-0.39, 0.29) is 24.1 Å². The average Bonchev–Trinajstić information content (AvgIpc) is 2.75. The Kier molecular flexibility index (Phi) is 5.81. The van der Waals surface area contributed by atoms with Crippen LogP contribution >= 0.6 is 0 Å². The van der Waals surface area contributed by atoms with Crippen molar-refractivity contribution in [1.29, 1.82) is 0 Å². The van der Waals surface area contributed by atoms with E-state index in [0.717, 1.165) is 39.0 Å². The predicted octanol–water partition coefficient (Wildman–Crippen LogP) is 0.825. The molecule has 3 atom stereocenters. The summed E-state index contributed by atoms with van der Waals surface area (Å²) in [4.78, 5) is 16.9. The summed E-state index contributed by atoms with van der Waals surface area (Å²) in [5, 5.41) is 0. The van der Waals surface area contributed by atoms with Crippen LogP contribution in [0.3, 0.4) is 0 Å². The normalized spacial score (nSPS) is 28.8. The maximum Gasteiger partial charge on any atom is 0.239 e. The van der Waals surface area contributed by atoms with E-state index in [2.05, 4.69) is 4.90 Å². The number of amides is 1. The largest absolute Gasteiger partial charge is 0.374 e. The number of carbonyl (C=O) groups is 1. The van der Waals surface area contributed by atoms with Crippen LogP contribution in [-0.4, -0.2) is 66.7 Å². The third kappa shape index (κ3) is 3.93. The van der Waals surface area contributed by atoms with Crippen molar-refractivity contribution in [3.05, 3.63) is 0 Å². The van der Waals surface area contributed by atoms with Crippen LogP contribution in [0, 0.1) is 0 Å². The van der Waals surface area contributed by atoms with Gasteiger partial charge in [-0.1, -0.05) is 12.8 Å². The smallest absolute Gasteiger partial charge is 0.239 e. The van der Waals surface area contributed by atoms with Gasteiger partial charge in [-0.3, -0.25) is 9.69 Å². The lowest BCUT2D eigenvalue weighted by atomic mass is 10.1. The number of nitrogens with two attached hydrogens (primary N) is 1. The Hall–Kier alpha value is -0.650. The van der Waals surface area contributed by atoms with Crippen LogP contribution in [-0.2, 0) is 9.53 Å². The van der Waals surface area contributed by atoms with E-state index >= 15 is 0 Å². The van der Waals surface area contributed by atoms with Crippen LogP contribution < -0.4 is 5.73 Å². The molecule has 2 aliphatic heterocycles. The number of nitrogens with zero attached hydrogens (tertiary/aromatic N) is 2. The molecule has 0 spiro atoms. The van der Waals surface area contributed by atoms with E-state index in [1.165, 1.54) is 12.8 Å². The van der Waals surface area contributed by atoms with Gasteiger partial charge in [-0.2, -0.15) is 0 Å². The molecule has 0 aliphatic carbocycles. The molecule has 116 valence electrons. The second kappa shape index (κ2) is 7.38. The van der Waals surface area contributed by atoms with Crippen molar-refractivity contribution in [2.45, 2.75) is 57.7 Å². The summed E-state index contributed by atoms with van der Waals surface area (Å²) in [6.45, 7) is 8.09. The first kappa shape index (κ1) is 15.7. The molecule has 0 aromatic heterocycles. The van der Waals surface area contributed by atoms with Gasteiger partial charge in [0, 0.05) is 32.2 Å². The highest BCUT2D eigenvalue weighted by Crippen LogP contribution is 2.15. The predicted molar refractivity (Wildman–Crippen MR) is 79.5 cm³/mol. The molecule has 0 bridgehead atoms. The highest BCUT2D eigenvalue weighted by molar-refractivity contribution is 5.81. The molecular formula is C15H29N3O2. The Bertz CT molecular complexity index is 314. The third-order valence-corrected chi connectivity index (χ3v) is 4.53. The number of ether oxygens (including phenoxy) is 1. The maximum absolute atomic E-state index is 12.6. The highest BCUT2D eigenvalue weighted by Gasteiger charge is 2.31. The lowest BCUT2D eigenvalue weighted by Crippen LogP contribution is -2.56. The lowest BCUT2D eigenvalue weighted by molar-refractivity contribution is -0.139. The molecule has 2 fully saturated rings. The second-order valence-electron chi connectivity index (χ2n) is 6.18. The first-order chi connectivity index (χ1) is 9.59. The lowest BCUT2D eigenvalue weighted by Gasteiger charge is -2.39. The molecule has 3 unspecified atom stereocenters. The zero-order chi connectivity index (χ0) is 14.5. The molecule has 2 rings (SSSR count). The van der Waals surface area contributed by atoms with Gasteiger partial charge < -0.3 is 15.4 Å². The molecule has 1 amide bonds. The summed E-state index contributed by atoms with van der Waals surface area (Å²) in [5.41, 5.74) is 5.92. The third-order valence-electron chi connectivity index (χ3n) is 4.53. The minimum Gasteiger partial charge on any atom is -0.374 e. The fourth-order valence-electron chi connectivity index (χ4n) is 3.08. The molecule has 2 aliphatic rings. The zero-order valence-electron chi connectivity index (χ0n) is 12.9. The number of hydrogen-bond acceptors (Lipinski definition) is 4. The molecule has 0 saturated carbocycles. The van der Waals surface area contributed by atoms with Gasteiger partial charge >= 0.3 is 0 Å². The Morgan fingerprint density at radius 3 is 2.40 bits per heavy atom. The van der Waals surface area contributed by atoms with Crippen LogP contribution in [0.4, 0.5) is 0 Å². The minimum absolute atomic E-state index is 0.0123. The molecule has 5 heteroatoms. The molecule has 5 nitrogen and oxygen atoms in total. The number of likely N-dealkylation sites (tertiary alicyclic amines) is 1. The highest BCUT2D eigenvalue weighted by atomic mass is 16.5. The van der Waals surface area contributed by atoms with Crippen molar-refractivity contribution < 1.29 is 9.53 Å². The van der Waals surface area contributed by atoms with Crippen molar-refractivity contribution >= 4 is 5.91 Å². The fraction of sp³-hybridized carbons (Fsp3) is 0.933. The number of morpholine rings is 1. The van der Waals surface area contributed by atoms with Gasteiger partial charge in [0.1, 0.15) is 0 Å². The summed E-state index contributed by atoms with van der Waals surface area (Å²) >= 11 is 0. The number of hydrogen-bond donors (Lipinski definition) is 1. The van der Waals surface area contributed by atoms with E-state index in [4.69, 9.17) is 10.5 Å². The van der Waals surface area contributed by atoms with Gasteiger partial charge in [0.2, 0.25) is 5.91 Å². The topological polar surface area (TPSA) is 58.8 Å². The Balaban J connectivity index is 1.91. The molecule has 0 radical (unpaired) electrons. The Morgan fingerprint density at radius 2 is 1.80 bits per heavy atom. The van der Waals surface area contributed by atoms with E-state index in [1.54, 1.807) is 0 Å². The average molecular weight is 283 g/mol. The standard InChI is InChI=1S/C15H29N3O2/c1-12(16)14-11-18(9-10-20-14)13(2)15(19)17-7-5-3-4-6-8-17/h12-14H,3-11,16H2,1-2H3. The summed E-state index contributed by atoms with van der Waals surface area (Å²) < 4.78 is 5.67. The second-order valence-corrected chi connectivity index (χ2v) is 6.18. The van der Waals surface area contributed by atoms with Gasteiger partial charge in [0.15, 0.2) is 0 Å². The quantitative estimate of drug-likeness (QED) is 0.833. The van der Waals surface area contributed by atoms with Crippen molar-refractivity contribution in [2.75, 3.05) is 32.8 Å². The van der Waals surface area contributed by atoms with E-state index in [0.29, 0.717) is 6.61 Å². The summed E-state index contributed by atoms with van der Waals surface area (Å²) in [6, 6.07) is -0.0449. The van der Waals surface area contributed by atoms with Crippen molar-refractivity contribution in [1.82, 2.24) is 9.80 Å². The van der Waals surface area contributed by atoms with Gasteiger partial charge in [0.05, 0.1) is 18.8 Å². The van der Waals surface area contributed by atoms with Gasteiger partial charge in [-0.25, -0.2) is 0 Å². The molecule has 2 N–H and O–H groups in total. The summed E-state index contributed by atoms with van der Waals surface area (Å²) in [6.07, 6.45) is 4.84. The summed E-state index contributed by atoms with van der Waals surface area (Å²) in [5.74, 6) is 0.275. The van der Waals surface area contributed by atoms with E-state index in [1.807, 2.05) is 18.7 Å². The van der Waals surface area contributed by atoms with Gasteiger partial charge in [-0.15, -0.1) is 0 Å². The van der Waals surface area contributed by atoms with Gasteiger partial charge in [0.25, 0.3) is 0 Å². The SMILES string of the molecule is CC(N)C1CN(C(C)C(=O)N2CCCCCC2)CCO1. The first-order valence-corrected chi connectivity index (χ1v) is 7.99. The minimum atomic E-state index is -0.0572. The van der Waals surface area contributed by atoms with Crippen LogP contribution in [0.5, 0.6) is 0 Å². The zero-order valence-corrected chi connectivity index (χ0v) is 12.9. The molecular weight excluding hydrogens is 254 g/mol. The number of carbonyl (C=O) groups excluding carboxylic acids is 1. The summed E-state index contributed by atoms with van der Waals surface area (Å²) in [7, 11) is 0. The van der Waals surface area contributed by atoms with Gasteiger partial charge in [-0.05, 0) is 26.7 Å². The van der Waals surface area contributed by atoms with Crippen molar-refractivity contribution in [2.24, 2.45) is 5.73 Å². The van der Waals surface area contributed by atoms with E-state index < -0.39 is 0 Å². The molecule has 0 aromatic rings. The van der Waals surface area contributed by atoms with Crippen molar-refractivity contribution in [3.8, 4) is 0 Å². The first-order valence-electron chi connectivity index (χ1n) is 7.99. The number of rotatable bonds is 3. The molecule has 2 heterocycles. The molecule has 20 heavy (non-hydrogen) atoms. The monoisotopic (exact) mass is 283 g/mol. The maximum atomic E-state index is 12.6. The Morgan fingerprint density at radius 1 is 1.15 bits per heavy atom. The van der Waals surface area contributed by atoms with Crippen LogP contribution in [0.25, 0.3) is 0 Å². The Labute approximate surface area is 122 Å². The van der Waals surface area contributed by atoms with Crippen LogP contribution in [0.15, 0.2) is 0 Å². The molecule has 2 saturated heterocycles. The van der Waals surface area contributed by atoms with Crippen LogP contribution in [0.2, 0.25) is 0 Å².